The van der Waals surface area contributed by atoms with Crippen LogP contribution in [0.2, 0.25) is 0 Å². The molecule has 5 heteroatoms. The van der Waals surface area contributed by atoms with Gasteiger partial charge in [-0.15, -0.1) is 0 Å². The lowest BCUT2D eigenvalue weighted by molar-refractivity contribution is -0.129. The minimum atomic E-state index is -0.878. The van der Waals surface area contributed by atoms with E-state index in [0.29, 0.717) is 5.75 Å². The zero-order valence-electron chi connectivity index (χ0n) is 8.71. The molecule has 0 aromatic heterocycles. The van der Waals surface area contributed by atoms with Crippen LogP contribution in [0.15, 0.2) is 0 Å². The van der Waals surface area contributed by atoms with E-state index in [1.165, 1.54) is 0 Å². The van der Waals surface area contributed by atoms with Crippen LogP contribution in [0.3, 0.4) is 0 Å². The summed E-state index contributed by atoms with van der Waals surface area (Å²) in [7, 11) is -0.878. The molecule has 0 aliphatic heterocycles. The van der Waals surface area contributed by atoms with Gasteiger partial charge in [-0.3, -0.25) is 9.00 Å². The van der Waals surface area contributed by atoms with E-state index in [9.17, 15) is 9.00 Å². The Morgan fingerprint density at radius 3 is 2.57 bits per heavy atom. The molecule has 3 N–H and O–H groups in total. The predicted molar refractivity (Wildman–Crippen MR) is 57.3 cm³/mol. The molecule has 0 radical (unpaired) electrons. The summed E-state index contributed by atoms with van der Waals surface area (Å²) in [5.74, 6) is 0.392. The highest BCUT2D eigenvalue weighted by Gasteiger charge is 2.40. The molecule has 82 valence electrons. The van der Waals surface area contributed by atoms with Gasteiger partial charge in [0.15, 0.2) is 0 Å². The fourth-order valence-corrected chi connectivity index (χ4v) is 2.33. The van der Waals surface area contributed by atoms with Gasteiger partial charge in [-0.2, -0.15) is 0 Å². The Kier molecular flexibility index (Phi) is 3.66. The maximum Gasteiger partial charge on any atom is 0.240 e. The predicted octanol–water partition coefficient (Wildman–Crippen LogP) is -0.249. The first-order valence-electron chi connectivity index (χ1n) is 4.84. The summed E-state index contributed by atoms with van der Waals surface area (Å²) in [5.41, 5.74) is 5.19. The van der Waals surface area contributed by atoms with E-state index in [0.717, 1.165) is 19.3 Å². The number of nitrogens with one attached hydrogen (secondary N) is 1. The first-order valence-corrected chi connectivity index (χ1v) is 6.56. The van der Waals surface area contributed by atoms with Crippen molar-refractivity contribution in [2.75, 3.05) is 12.0 Å². The summed E-state index contributed by atoms with van der Waals surface area (Å²) < 4.78 is 10.9. The molecule has 0 aromatic carbocycles. The number of carbonyl (C=O) groups excluding carboxylic acids is 1. The fourth-order valence-electron chi connectivity index (χ4n) is 1.55. The van der Waals surface area contributed by atoms with Crippen LogP contribution in [0.4, 0.5) is 0 Å². The molecule has 0 heterocycles. The van der Waals surface area contributed by atoms with Crippen molar-refractivity contribution in [3.8, 4) is 0 Å². The zero-order valence-corrected chi connectivity index (χ0v) is 9.52. The molecule has 1 saturated carbocycles. The Hall–Kier alpha value is -0.420. The zero-order chi connectivity index (χ0) is 10.8. The normalized spacial score (nSPS) is 23.4. The topological polar surface area (TPSA) is 72.2 Å². The number of carbonyl (C=O) groups is 1. The highest BCUT2D eigenvalue weighted by Crippen LogP contribution is 2.29. The highest BCUT2D eigenvalue weighted by atomic mass is 32.2. The van der Waals surface area contributed by atoms with Gasteiger partial charge in [0.25, 0.3) is 0 Å². The second-order valence-electron chi connectivity index (χ2n) is 4.12. The minimum Gasteiger partial charge on any atom is -0.351 e. The van der Waals surface area contributed by atoms with Gasteiger partial charge in [0, 0.05) is 28.9 Å². The third kappa shape index (κ3) is 2.78. The number of hydrogen-bond acceptors (Lipinski definition) is 3. The first kappa shape index (κ1) is 11.7. The summed E-state index contributed by atoms with van der Waals surface area (Å²) in [5, 5.41) is 2.80. The molecule has 1 aliphatic rings. The Morgan fingerprint density at radius 2 is 2.21 bits per heavy atom. The van der Waals surface area contributed by atoms with Crippen molar-refractivity contribution >= 4 is 16.7 Å². The third-order valence-electron chi connectivity index (χ3n) is 2.56. The van der Waals surface area contributed by atoms with E-state index >= 15 is 0 Å². The van der Waals surface area contributed by atoms with Crippen molar-refractivity contribution in [1.82, 2.24) is 5.32 Å². The van der Waals surface area contributed by atoms with Gasteiger partial charge in [-0.1, -0.05) is 0 Å². The van der Waals surface area contributed by atoms with E-state index < -0.39 is 16.3 Å². The number of hydrogen-bond donors (Lipinski definition) is 2. The molecule has 1 fully saturated rings. The molecule has 1 aliphatic carbocycles. The molecule has 4 nitrogen and oxygen atoms in total. The van der Waals surface area contributed by atoms with E-state index in [4.69, 9.17) is 5.73 Å². The maximum absolute atomic E-state index is 11.6. The number of nitrogens with two attached hydrogens (primary N) is 1. The van der Waals surface area contributed by atoms with Gasteiger partial charge >= 0.3 is 0 Å². The maximum atomic E-state index is 11.6. The van der Waals surface area contributed by atoms with Gasteiger partial charge in [0.05, 0.1) is 5.54 Å². The summed E-state index contributed by atoms with van der Waals surface area (Å²) in [6.07, 6.45) is 4.18. The number of amides is 1. The van der Waals surface area contributed by atoms with Crippen LogP contribution in [0.5, 0.6) is 0 Å². The van der Waals surface area contributed by atoms with E-state index in [1.807, 2.05) is 6.92 Å². The van der Waals surface area contributed by atoms with Gasteiger partial charge in [0.2, 0.25) is 5.91 Å². The molecule has 0 spiro atoms. The second-order valence-corrected chi connectivity index (χ2v) is 5.60. The average Bonchev–Trinajstić information content (AvgIpc) is 1.97. The van der Waals surface area contributed by atoms with Crippen LogP contribution in [-0.4, -0.2) is 33.7 Å². The van der Waals surface area contributed by atoms with Crippen LogP contribution in [-0.2, 0) is 15.6 Å². The molecule has 1 rings (SSSR count). The quantitative estimate of drug-likeness (QED) is 0.683. The smallest absolute Gasteiger partial charge is 0.240 e. The second kappa shape index (κ2) is 4.40. The van der Waals surface area contributed by atoms with Crippen LogP contribution in [0, 0.1) is 0 Å². The third-order valence-corrected chi connectivity index (χ3v) is 3.53. The van der Waals surface area contributed by atoms with Crippen LogP contribution < -0.4 is 11.1 Å². The van der Waals surface area contributed by atoms with E-state index in [-0.39, 0.29) is 11.9 Å². The monoisotopic (exact) mass is 218 g/mol. The van der Waals surface area contributed by atoms with Crippen molar-refractivity contribution in [2.24, 2.45) is 5.73 Å². The molecule has 2 atom stereocenters. The van der Waals surface area contributed by atoms with Crippen molar-refractivity contribution in [1.29, 1.82) is 0 Å². The van der Waals surface area contributed by atoms with Crippen LogP contribution in [0.1, 0.15) is 26.2 Å². The molecule has 14 heavy (non-hydrogen) atoms. The molecule has 1 amide bonds. The van der Waals surface area contributed by atoms with Crippen molar-refractivity contribution in [2.45, 2.75) is 37.8 Å². The standard InChI is InChI=1S/C9H18N2O2S/c1-7(6-14(2)13)11-8(12)9(10)4-3-5-9/h7H,3-6,10H2,1-2H3,(H,11,12). The van der Waals surface area contributed by atoms with Crippen LogP contribution >= 0.6 is 0 Å². The Morgan fingerprint density at radius 1 is 1.64 bits per heavy atom. The molecular formula is C9H18N2O2S. The molecule has 0 bridgehead atoms. The van der Waals surface area contributed by atoms with E-state index in [2.05, 4.69) is 5.32 Å². The first-order chi connectivity index (χ1) is 6.44. The van der Waals surface area contributed by atoms with Gasteiger partial charge in [-0.05, 0) is 26.2 Å². The lowest BCUT2D eigenvalue weighted by Crippen LogP contribution is -2.60. The SMILES string of the molecule is CC(CS(C)=O)NC(=O)C1(N)CCC1. The molecule has 2 unspecified atom stereocenters. The van der Waals surface area contributed by atoms with Crippen molar-refractivity contribution in [3.05, 3.63) is 0 Å². The average molecular weight is 218 g/mol. The van der Waals surface area contributed by atoms with Crippen LogP contribution in [0.25, 0.3) is 0 Å². The summed E-state index contributed by atoms with van der Waals surface area (Å²) in [6, 6.07) is -0.0608. The Balaban J connectivity index is 2.36. The molecule has 0 aromatic rings. The lowest BCUT2D eigenvalue weighted by Gasteiger charge is -2.37. The molecular weight excluding hydrogens is 200 g/mol. The summed E-state index contributed by atoms with van der Waals surface area (Å²) >= 11 is 0. The summed E-state index contributed by atoms with van der Waals surface area (Å²) in [6.45, 7) is 1.85. The molecule has 0 saturated heterocycles. The minimum absolute atomic E-state index is 0.0608. The Labute approximate surface area is 87.1 Å². The summed E-state index contributed by atoms with van der Waals surface area (Å²) in [4.78, 5) is 11.6. The van der Waals surface area contributed by atoms with Gasteiger partial charge < -0.3 is 11.1 Å². The Bertz CT molecular complexity index is 251. The largest absolute Gasteiger partial charge is 0.351 e. The van der Waals surface area contributed by atoms with E-state index in [1.54, 1.807) is 6.26 Å². The van der Waals surface area contributed by atoms with Gasteiger partial charge in [0.1, 0.15) is 0 Å². The highest BCUT2D eigenvalue weighted by molar-refractivity contribution is 7.84. The van der Waals surface area contributed by atoms with Crippen molar-refractivity contribution in [3.63, 3.8) is 0 Å². The van der Waals surface area contributed by atoms with Gasteiger partial charge in [-0.25, -0.2) is 0 Å². The van der Waals surface area contributed by atoms with Crippen molar-refractivity contribution < 1.29 is 9.00 Å². The fraction of sp³-hybridized carbons (Fsp3) is 0.889. The number of rotatable bonds is 4. The lowest BCUT2D eigenvalue weighted by atomic mass is 9.77.